The Kier molecular flexibility index (Phi) is 8.88. The molecule has 2 aromatic rings. The second-order valence-electron chi connectivity index (χ2n) is 8.95. The minimum Gasteiger partial charge on any atom is -0.433 e. The molecule has 1 aliphatic rings. The highest BCUT2D eigenvalue weighted by molar-refractivity contribution is 5.89. The summed E-state index contributed by atoms with van der Waals surface area (Å²) >= 11 is 0. The van der Waals surface area contributed by atoms with Crippen molar-refractivity contribution in [2.75, 3.05) is 6.61 Å². The van der Waals surface area contributed by atoms with Gasteiger partial charge in [-0.2, -0.15) is 57.1 Å². The third kappa shape index (κ3) is 5.29. The number of ether oxygens (including phenoxy) is 2. The van der Waals surface area contributed by atoms with Gasteiger partial charge in [-0.3, -0.25) is 0 Å². The van der Waals surface area contributed by atoms with Gasteiger partial charge in [0.05, 0.1) is 0 Å². The lowest BCUT2D eigenvalue weighted by molar-refractivity contribution is -0.502. The summed E-state index contributed by atoms with van der Waals surface area (Å²) in [6.45, 7) is -1.09. The third-order valence-electron chi connectivity index (χ3n) is 6.45. The van der Waals surface area contributed by atoms with E-state index >= 15 is 4.39 Å². The van der Waals surface area contributed by atoms with Gasteiger partial charge in [-0.25, -0.2) is 14.0 Å². The monoisotopic (exact) mass is 685 g/mol. The summed E-state index contributed by atoms with van der Waals surface area (Å²) in [5, 5.41) is -4.74. The van der Waals surface area contributed by atoms with Crippen molar-refractivity contribution < 1.29 is 94.5 Å². The zero-order valence-electron chi connectivity index (χ0n) is 20.9. The van der Waals surface area contributed by atoms with Crippen LogP contribution < -0.4 is 0 Å². The topological polar surface area (TPSA) is 65.1 Å². The fourth-order valence-corrected chi connectivity index (χ4v) is 4.38. The standard InChI is InChI=1S/C23H11F16NO5/c24-17(19(25,26)23(36,37)45-39,40(38)18(20(27,28)29,21(30,31)32)22(33,34)35)15(41)44-16(42)43-9-14-12-7-3-1-5-10(12)11-6-2-4-8-13(11)14/h1-8,14H,9H2/t17-/m1/s1. The Morgan fingerprint density at radius 2 is 1.09 bits per heavy atom. The normalized spacial score (nSPS) is 16.2. The maximum Gasteiger partial charge on any atom is 0.516 e. The van der Waals surface area contributed by atoms with Crippen LogP contribution in [0.4, 0.5) is 75.3 Å². The van der Waals surface area contributed by atoms with E-state index in [1.165, 1.54) is 53.5 Å². The van der Waals surface area contributed by atoms with Crippen molar-refractivity contribution in [3.8, 4) is 11.1 Å². The summed E-state index contributed by atoms with van der Waals surface area (Å²) in [6.07, 6.45) is -35.5. The van der Waals surface area contributed by atoms with Crippen LogP contribution in [0.25, 0.3) is 11.1 Å². The maximum absolute atomic E-state index is 15.3. The first-order chi connectivity index (χ1) is 20.3. The Morgan fingerprint density at radius 1 is 0.689 bits per heavy atom. The SMILES string of the molecule is O=C(OCC1c2ccccc2-c2ccccc21)OC(=O)[C@@](F)(N(F)C(C(F)(F)F)(C(F)(F)F)C(F)(F)F)C(F)(F)C(F)(F)OF. The second kappa shape index (κ2) is 11.2. The lowest BCUT2D eigenvalue weighted by Crippen LogP contribution is -2.81. The van der Waals surface area contributed by atoms with E-state index in [-0.39, 0.29) is 0 Å². The number of nitrogens with zero attached hydrogens (tertiary/aromatic N) is 1. The Balaban J connectivity index is 2.07. The highest BCUT2D eigenvalue weighted by Crippen LogP contribution is 2.61. The molecular weight excluding hydrogens is 674 g/mol. The molecule has 1 aliphatic carbocycles. The molecule has 0 radical (unpaired) electrons. The third-order valence-corrected chi connectivity index (χ3v) is 6.45. The van der Waals surface area contributed by atoms with E-state index in [4.69, 9.17) is 0 Å². The molecular formula is C23H11F16NO5. The molecule has 45 heavy (non-hydrogen) atoms. The summed E-state index contributed by atoms with van der Waals surface area (Å²) in [4.78, 5) is 25.3. The zero-order chi connectivity index (χ0) is 34.6. The highest BCUT2D eigenvalue weighted by Gasteiger charge is 2.94. The number of esters is 1. The predicted molar refractivity (Wildman–Crippen MR) is 111 cm³/mol. The van der Waals surface area contributed by atoms with Crippen LogP contribution in [-0.2, 0) is 19.2 Å². The van der Waals surface area contributed by atoms with Gasteiger partial charge in [0.25, 0.3) is 0 Å². The number of carbonyl (C=O) groups excluding carboxylic acids is 2. The van der Waals surface area contributed by atoms with Gasteiger partial charge in [-0.05, 0) is 26.8 Å². The summed E-state index contributed by atoms with van der Waals surface area (Å²) < 4.78 is 225. The van der Waals surface area contributed by atoms with E-state index in [1.807, 2.05) is 0 Å². The predicted octanol–water partition coefficient (Wildman–Crippen LogP) is 7.89. The van der Waals surface area contributed by atoms with Crippen molar-refractivity contribution in [1.29, 1.82) is 0 Å². The summed E-state index contributed by atoms with van der Waals surface area (Å²) in [6, 6.07) is 11.9. The van der Waals surface area contributed by atoms with Crippen LogP contribution >= 0.6 is 0 Å². The van der Waals surface area contributed by atoms with Crippen LogP contribution in [-0.4, -0.2) is 65.7 Å². The Bertz CT molecular complexity index is 1360. The van der Waals surface area contributed by atoms with Crippen LogP contribution in [0.2, 0.25) is 0 Å². The largest absolute Gasteiger partial charge is 0.516 e. The van der Waals surface area contributed by atoms with E-state index in [0.29, 0.717) is 22.3 Å². The molecule has 0 N–H and O–H groups in total. The van der Waals surface area contributed by atoms with E-state index < -0.39 is 71.7 Å². The lowest BCUT2D eigenvalue weighted by Gasteiger charge is -2.46. The van der Waals surface area contributed by atoms with Gasteiger partial charge in [0.2, 0.25) is 0 Å². The number of alkyl halides is 14. The molecule has 2 aromatic carbocycles. The van der Waals surface area contributed by atoms with Gasteiger partial charge in [-0.1, -0.05) is 53.7 Å². The first-order valence-electron chi connectivity index (χ1n) is 11.3. The number of hydrogen-bond donors (Lipinski definition) is 0. The smallest absolute Gasteiger partial charge is 0.433 e. The molecule has 0 heterocycles. The van der Waals surface area contributed by atoms with Gasteiger partial charge in [0, 0.05) is 5.92 Å². The van der Waals surface area contributed by atoms with Crippen LogP contribution in [0.1, 0.15) is 17.0 Å². The number of fused-ring (bicyclic) bond motifs is 3. The van der Waals surface area contributed by atoms with Gasteiger partial charge in [0.15, 0.2) is 0 Å². The van der Waals surface area contributed by atoms with Gasteiger partial charge >= 0.3 is 54.0 Å². The van der Waals surface area contributed by atoms with Crippen LogP contribution in [0, 0.1) is 0 Å². The average molecular weight is 685 g/mol. The van der Waals surface area contributed by atoms with Crippen molar-refractivity contribution in [2.45, 2.75) is 47.8 Å². The van der Waals surface area contributed by atoms with Crippen molar-refractivity contribution in [3.05, 3.63) is 59.7 Å². The van der Waals surface area contributed by atoms with E-state index in [9.17, 15) is 75.7 Å². The average Bonchev–Trinajstić information content (AvgIpc) is 3.22. The lowest BCUT2D eigenvalue weighted by atomic mass is 9.91. The van der Waals surface area contributed by atoms with Crippen LogP contribution in [0.5, 0.6) is 0 Å². The van der Waals surface area contributed by atoms with E-state index in [1.54, 1.807) is 0 Å². The molecule has 0 bridgehead atoms. The maximum atomic E-state index is 15.3. The Hall–Kier alpha value is -3.82. The molecule has 0 aromatic heterocycles. The number of benzene rings is 2. The summed E-state index contributed by atoms with van der Waals surface area (Å²) in [7, 11) is 0. The van der Waals surface area contributed by atoms with E-state index in [0.717, 1.165) is 0 Å². The van der Waals surface area contributed by atoms with Crippen molar-refractivity contribution >= 4 is 12.1 Å². The molecule has 3 rings (SSSR count). The van der Waals surface area contributed by atoms with Gasteiger partial charge in [0.1, 0.15) is 6.61 Å². The molecule has 6 nitrogen and oxygen atoms in total. The molecule has 0 aliphatic heterocycles. The molecule has 0 amide bonds. The van der Waals surface area contributed by atoms with Crippen molar-refractivity contribution in [1.82, 2.24) is 5.12 Å². The highest BCUT2D eigenvalue weighted by atomic mass is 19.4. The molecule has 0 saturated carbocycles. The quantitative estimate of drug-likeness (QED) is 0.0927. The molecule has 1 atom stereocenters. The summed E-state index contributed by atoms with van der Waals surface area (Å²) in [5.74, 6) is -21.8. The number of halogens is 16. The second-order valence-corrected chi connectivity index (χ2v) is 8.95. The van der Waals surface area contributed by atoms with E-state index in [2.05, 4.69) is 9.47 Å². The fraction of sp³-hybridized carbons (Fsp3) is 0.391. The van der Waals surface area contributed by atoms with Crippen LogP contribution in [0.3, 0.4) is 0 Å². The summed E-state index contributed by atoms with van der Waals surface area (Å²) in [5.41, 5.74) is -6.94. The number of carbonyl (C=O) groups is 2. The molecule has 22 heteroatoms. The van der Waals surface area contributed by atoms with Gasteiger partial charge < -0.3 is 9.47 Å². The molecule has 250 valence electrons. The minimum absolute atomic E-state index is 0.323. The molecule has 0 saturated heterocycles. The first-order valence-corrected chi connectivity index (χ1v) is 11.3. The Labute approximate surface area is 237 Å². The van der Waals surface area contributed by atoms with Crippen molar-refractivity contribution in [2.24, 2.45) is 0 Å². The molecule has 0 fully saturated rings. The van der Waals surface area contributed by atoms with Crippen molar-refractivity contribution in [3.63, 3.8) is 0 Å². The number of rotatable bonds is 8. The fourth-order valence-electron chi connectivity index (χ4n) is 4.38. The van der Waals surface area contributed by atoms with Gasteiger partial charge in [-0.15, -0.1) is 9.42 Å². The zero-order valence-corrected chi connectivity index (χ0v) is 20.9. The Morgan fingerprint density at radius 3 is 1.47 bits per heavy atom. The van der Waals surface area contributed by atoms with Crippen LogP contribution in [0.15, 0.2) is 48.5 Å². The number of hydrogen-bond acceptors (Lipinski definition) is 6. The first kappa shape index (κ1) is 35.7. The molecule has 0 spiro atoms. The molecule has 0 unspecified atom stereocenters. The minimum atomic E-state index is -8.56.